The number of halogens is 2. The lowest BCUT2D eigenvalue weighted by Crippen LogP contribution is -2.23. The van der Waals surface area contributed by atoms with Gasteiger partial charge in [0.05, 0.1) is 5.69 Å². The molecule has 0 radical (unpaired) electrons. The molecule has 0 bridgehead atoms. The molecule has 0 aliphatic heterocycles. The number of likely N-dealkylation sites (N-methyl/N-ethyl adjacent to an activating group) is 1. The molecule has 0 aliphatic rings. The average molecular weight is 507 g/mol. The minimum Gasteiger partial charge on any atom is -0.366 e. The van der Waals surface area contributed by atoms with Crippen LogP contribution in [0.5, 0.6) is 0 Å². The summed E-state index contributed by atoms with van der Waals surface area (Å²) in [6.45, 7) is 3.12. The van der Waals surface area contributed by atoms with Crippen LogP contribution in [0.4, 0.5) is 14.7 Å². The predicted octanol–water partition coefficient (Wildman–Crippen LogP) is 3.80. The number of para-hydroxylation sites is 1. The van der Waals surface area contributed by atoms with Crippen molar-refractivity contribution >= 4 is 22.9 Å². The highest BCUT2D eigenvalue weighted by atomic mass is 19.1. The number of aryl methyl sites for hydroxylation is 1. The molecule has 0 atom stereocenters. The summed E-state index contributed by atoms with van der Waals surface area (Å²) < 4.78 is 30.6. The predicted molar refractivity (Wildman–Crippen MR) is 140 cm³/mol. The highest BCUT2D eigenvalue weighted by Gasteiger charge is 2.21. The van der Waals surface area contributed by atoms with E-state index >= 15 is 0 Å². The van der Waals surface area contributed by atoms with E-state index < -0.39 is 28.8 Å². The number of fused-ring (bicyclic) bond motifs is 1. The summed E-state index contributed by atoms with van der Waals surface area (Å²) >= 11 is 0. The Morgan fingerprint density at radius 3 is 2.49 bits per heavy atom. The summed E-state index contributed by atoms with van der Waals surface area (Å²) in [5.41, 5.74) is 6.67. The van der Waals surface area contributed by atoms with Crippen molar-refractivity contribution in [2.24, 2.45) is 5.73 Å². The Hall–Kier alpha value is -4.18. The minimum atomic E-state index is -0.904. The highest BCUT2D eigenvalue weighted by Crippen LogP contribution is 2.32. The molecule has 8 nitrogen and oxygen atoms in total. The van der Waals surface area contributed by atoms with E-state index in [2.05, 4.69) is 22.5 Å². The lowest BCUT2D eigenvalue weighted by Gasteiger charge is -2.17. The maximum atomic E-state index is 14.8. The van der Waals surface area contributed by atoms with Crippen LogP contribution in [0.3, 0.4) is 0 Å². The minimum absolute atomic E-state index is 0.0272. The van der Waals surface area contributed by atoms with Crippen molar-refractivity contribution in [1.82, 2.24) is 19.9 Å². The number of amides is 1. The van der Waals surface area contributed by atoms with Crippen LogP contribution in [0.1, 0.15) is 35.7 Å². The van der Waals surface area contributed by atoms with Gasteiger partial charge in [-0.25, -0.2) is 13.8 Å². The summed E-state index contributed by atoms with van der Waals surface area (Å²) in [6.07, 6.45) is 2.55. The molecule has 4 aromatic rings. The van der Waals surface area contributed by atoms with Crippen LogP contribution < -0.4 is 21.9 Å². The Labute approximate surface area is 212 Å². The van der Waals surface area contributed by atoms with Crippen molar-refractivity contribution in [3.63, 3.8) is 0 Å². The van der Waals surface area contributed by atoms with E-state index in [0.717, 1.165) is 35.1 Å². The number of rotatable bonds is 10. The number of carbonyl (C=O) groups excluding carboxylic acids is 1. The molecule has 4 N–H and O–H groups in total. The number of anilines is 1. The number of primary amides is 1. The fourth-order valence-electron chi connectivity index (χ4n) is 4.15. The standard InChI is InChI=1S/C27H28F2N6O2/c1-3-4-6-16-9-10-17(25(30)37)15-19(16)23-18-11-12-22(36)35(24-20(28)7-5-8-21(24)29)26(18)34-27(33-23)32-14-13-31-2/h5,7-12,15,31H,3-4,6,13-14H2,1-2H3,(H2,30,37)(H,32,33,34). The Kier molecular flexibility index (Phi) is 7.88. The number of pyridine rings is 1. The Morgan fingerprint density at radius 2 is 1.81 bits per heavy atom. The van der Waals surface area contributed by atoms with E-state index in [1.807, 2.05) is 6.07 Å². The van der Waals surface area contributed by atoms with E-state index in [1.54, 1.807) is 19.2 Å². The van der Waals surface area contributed by atoms with Crippen molar-refractivity contribution in [3.8, 4) is 16.9 Å². The summed E-state index contributed by atoms with van der Waals surface area (Å²) in [4.78, 5) is 34.2. The van der Waals surface area contributed by atoms with Crippen LogP contribution in [-0.2, 0) is 6.42 Å². The molecule has 0 aliphatic carbocycles. The second-order valence-electron chi connectivity index (χ2n) is 8.58. The van der Waals surface area contributed by atoms with Gasteiger partial charge in [0.1, 0.15) is 17.3 Å². The lowest BCUT2D eigenvalue weighted by atomic mass is 9.95. The first-order valence-electron chi connectivity index (χ1n) is 12.1. The van der Waals surface area contributed by atoms with Crippen LogP contribution in [-0.4, -0.2) is 40.6 Å². The lowest BCUT2D eigenvalue weighted by molar-refractivity contribution is 0.100. The molecular formula is C27H28F2N6O2. The van der Waals surface area contributed by atoms with Crippen molar-refractivity contribution in [3.05, 3.63) is 81.6 Å². The Balaban J connectivity index is 2.08. The smallest absolute Gasteiger partial charge is 0.256 e. The van der Waals surface area contributed by atoms with E-state index in [4.69, 9.17) is 10.7 Å². The van der Waals surface area contributed by atoms with Crippen molar-refractivity contribution in [2.75, 3.05) is 25.5 Å². The monoisotopic (exact) mass is 506 g/mol. The van der Waals surface area contributed by atoms with Gasteiger partial charge in [0.15, 0.2) is 5.65 Å². The largest absolute Gasteiger partial charge is 0.366 e. The van der Waals surface area contributed by atoms with Crippen LogP contribution in [0.25, 0.3) is 28.0 Å². The van der Waals surface area contributed by atoms with Crippen LogP contribution in [0, 0.1) is 11.6 Å². The summed E-state index contributed by atoms with van der Waals surface area (Å²) in [5, 5.41) is 6.50. The SMILES string of the molecule is CCCCc1ccc(C(N)=O)cc1-c1nc(NCCNC)nc2c1ccc(=O)n2-c1c(F)cccc1F. The summed E-state index contributed by atoms with van der Waals surface area (Å²) in [7, 11) is 1.79. The molecule has 0 unspecified atom stereocenters. The number of unbranched alkanes of at least 4 members (excludes halogenated alkanes) is 1. The van der Waals surface area contributed by atoms with E-state index in [-0.39, 0.29) is 11.6 Å². The van der Waals surface area contributed by atoms with E-state index in [1.165, 1.54) is 18.2 Å². The summed E-state index contributed by atoms with van der Waals surface area (Å²) in [6, 6.07) is 11.3. The molecule has 0 saturated heterocycles. The molecule has 0 spiro atoms. The Morgan fingerprint density at radius 1 is 1.05 bits per heavy atom. The van der Waals surface area contributed by atoms with Gasteiger partial charge in [0.25, 0.3) is 5.56 Å². The molecule has 2 aromatic heterocycles. The van der Waals surface area contributed by atoms with E-state index in [0.29, 0.717) is 41.7 Å². The third kappa shape index (κ3) is 5.34. The molecule has 2 aromatic carbocycles. The molecule has 10 heteroatoms. The average Bonchev–Trinajstić information content (AvgIpc) is 2.88. The third-order valence-electron chi connectivity index (χ3n) is 6.02. The zero-order valence-corrected chi connectivity index (χ0v) is 20.6. The van der Waals surface area contributed by atoms with Crippen molar-refractivity contribution < 1.29 is 13.6 Å². The van der Waals surface area contributed by atoms with Gasteiger partial charge in [-0.3, -0.25) is 14.2 Å². The number of carbonyl (C=O) groups is 1. The number of aromatic nitrogens is 3. The van der Waals surface area contributed by atoms with Gasteiger partial charge in [-0.15, -0.1) is 0 Å². The number of hydrogen-bond acceptors (Lipinski definition) is 6. The fourth-order valence-corrected chi connectivity index (χ4v) is 4.15. The molecule has 4 rings (SSSR count). The molecular weight excluding hydrogens is 478 g/mol. The van der Waals surface area contributed by atoms with E-state index in [9.17, 15) is 18.4 Å². The number of nitrogens with two attached hydrogens (primary N) is 1. The highest BCUT2D eigenvalue weighted by molar-refractivity contribution is 5.97. The van der Waals surface area contributed by atoms with Crippen molar-refractivity contribution in [1.29, 1.82) is 0 Å². The number of benzene rings is 2. The number of nitrogens with zero attached hydrogens (tertiary/aromatic N) is 3. The quantitative estimate of drug-likeness (QED) is 0.282. The first kappa shape index (κ1) is 25.9. The van der Waals surface area contributed by atoms with Gasteiger partial charge in [-0.1, -0.05) is 25.5 Å². The van der Waals surface area contributed by atoms with Gasteiger partial charge in [0, 0.05) is 35.7 Å². The van der Waals surface area contributed by atoms with Gasteiger partial charge in [0.2, 0.25) is 11.9 Å². The normalized spacial score (nSPS) is 11.1. The molecule has 192 valence electrons. The molecule has 0 fully saturated rings. The molecule has 2 heterocycles. The maximum absolute atomic E-state index is 14.8. The zero-order chi connectivity index (χ0) is 26.5. The second-order valence-corrected chi connectivity index (χ2v) is 8.58. The molecule has 37 heavy (non-hydrogen) atoms. The third-order valence-corrected chi connectivity index (χ3v) is 6.02. The number of nitrogens with one attached hydrogen (secondary N) is 2. The van der Waals surface area contributed by atoms with Gasteiger partial charge >= 0.3 is 0 Å². The first-order chi connectivity index (χ1) is 17.8. The van der Waals surface area contributed by atoms with Crippen LogP contribution in [0.15, 0.2) is 53.3 Å². The summed E-state index contributed by atoms with van der Waals surface area (Å²) in [5.74, 6) is -2.24. The molecule has 0 saturated carbocycles. The van der Waals surface area contributed by atoms with Gasteiger partial charge < -0.3 is 16.4 Å². The van der Waals surface area contributed by atoms with Crippen LogP contribution >= 0.6 is 0 Å². The second kappa shape index (κ2) is 11.3. The fraction of sp³-hybridized carbons (Fsp3) is 0.259. The zero-order valence-electron chi connectivity index (χ0n) is 20.6. The molecule has 1 amide bonds. The topological polar surface area (TPSA) is 115 Å². The maximum Gasteiger partial charge on any atom is 0.256 e. The van der Waals surface area contributed by atoms with Crippen molar-refractivity contribution in [2.45, 2.75) is 26.2 Å². The first-order valence-corrected chi connectivity index (χ1v) is 12.1. The van der Waals surface area contributed by atoms with Gasteiger partial charge in [-0.05, 0) is 55.8 Å². The van der Waals surface area contributed by atoms with Crippen LogP contribution in [0.2, 0.25) is 0 Å². The van der Waals surface area contributed by atoms with Gasteiger partial charge in [-0.2, -0.15) is 4.98 Å². The number of hydrogen-bond donors (Lipinski definition) is 3. The Bertz CT molecular complexity index is 1500.